The number of anilines is 1. The van der Waals surface area contributed by atoms with Gasteiger partial charge in [0.25, 0.3) is 5.91 Å². The number of primary amides is 1. The molecule has 6 heteroatoms. The van der Waals surface area contributed by atoms with Crippen LogP contribution in [0, 0.1) is 0 Å². The maximum absolute atomic E-state index is 12.4. The third kappa shape index (κ3) is 5.08. The fraction of sp³-hybridized carbons (Fsp3) is 0.333. The number of nitrogens with one attached hydrogen (secondary N) is 1. The zero-order valence-corrected chi connectivity index (χ0v) is 15.4. The summed E-state index contributed by atoms with van der Waals surface area (Å²) in [5.74, 6) is 0.163. The van der Waals surface area contributed by atoms with E-state index in [-0.39, 0.29) is 17.9 Å². The van der Waals surface area contributed by atoms with Crippen molar-refractivity contribution in [3.63, 3.8) is 0 Å². The number of hydrogen-bond donors (Lipinski definition) is 2. The number of ether oxygens (including phenoxy) is 1. The number of hydrogen-bond acceptors (Lipinski definition) is 4. The molecule has 2 atom stereocenters. The molecule has 0 radical (unpaired) electrons. The molecule has 142 valence electrons. The van der Waals surface area contributed by atoms with E-state index in [9.17, 15) is 9.59 Å². The third-order valence-electron chi connectivity index (χ3n) is 4.70. The SMILES string of the molecule is C[C@@H](Oc1ccccc1)C(=O)Nc1cccc(CN2CCC[C@H]2C(N)=O)c1. The van der Waals surface area contributed by atoms with Crippen molar-refractivity contribution in [3.05, 3.63) is 60.2 Å². The summed E-state index contributed by atoms with van der Waals surface area (Å²) in [7, 11) is 0. The van der Waals surface area contributed by atoms with Crippen molar-refractivity contribution in [2.75, 3.05) is 11.9 Å². The molecule has 0 aromatic heterocycles. The van der Waals surface area contributed by atoms with Gasteiger partial charge in [0.05, 0.1) is 6.04 Å². The zero-order chi connectivity index (χ0) is 19.2. The van der Waals surface area contributed by atoms with E-state index >= 15 is 0 Å². The summed E-state index contributed by atoms with van der Waals surface area (Å²) in [4.78, 5) is 26.0. The van der Waals surface area contributed by atoms with Gasteiger partial charge in [-0.15, -0.1) is 0 Å². The Hall–Kier alpha value is -2.86. The van der Waals surface area contributed by atoms with Gasteiger partial charge in [0, 0.05) is 12.2 Å². The predicted octanol–water partition coefficient (Wildman–Crippen LogP) is 2.54. The Balaban J connectivity index is 1.60. The molecule has 27 heavy (non-hydrogen) atoms. The molecule has 0 unspecified atom stereocenters. The normalized spacial score (nSPS) is 18.0. The Kier molecular flexibility index (Phi) is 6.08. The molecule has 6 nitrogen and oxygen atoms in total. The molecule has 1 heterocycles. The molecular formula is C21H25N3O3. The lowest BCUT2D eigenvalue weighted by Gasteiger charge is -2.22. The van der Waals surface area contributed by atoms with Crippen LogP contribution < -0.4 is 15.8 Å². The van der Waals surface area contributed by atoms with E-state index in [0.29, 0.717) is 18.0 Å². The number of likely N-dealkylation sites (tertiary alicyclic amines) is 1. The van der Waals surface area contributed by atoms with Gasteiger partial charge in [0.15, 0.2) is 6.10 Å². The molecule has 1 fully saturated rings. The third-order valence-corrected chi connectivity index (χ3v) is 4.70. The number of carbonyl (C=O) groups excluding carboxylic acids is 2. The van der Waals surface area contributed by atoms with Gasteiger partial charge >= 0.3 is 0 Å². The van der Waals surface area contributed by atoms with Crippen LogP contribution in [-0.4, -0.2) is 35.4 Å². The molecule has 0 bridgehead atoms. The Bertz CT molecular complexity index is 794. The average Bonchev–Trinajstić information content (AvgIpc) is 3.11. The summed E-state index contributed by atoms with van der Waals surface area (Å²) in [6.45, 7) is 3.20. The predicted molar refractivity (Wildman–Crippen MR) is 104 cm³/mol. The van der Waals surface area contributed by atoms with E-state index in [0.717, 1.165) is 24.9 Å². The van der Waals surface area contributed by atoms with Crippen LogP contribution in [0.15, 0.2) is 54.6 Å². The fourth-order valence-electron chi connectivity index (χ4n) is 3.32. The van der Waals surface area contributed by atoms with E-state index in [1.54, 1.807) is 6.92 Å². The first-order valence-electron chi connectivity index (χ1n) is 9.18. The number of nitrogens with zero attached hydrogens (tertiary/aromatic N) is 1. The molecule has 3 rings (SSSR count). The van der Waals surface area contributed by atoms with Gasteiger partial charge in [-0.1, -0.05) is 30.3 Å². The number of benzene rings is 2. The molecular weight excluding hydrogens is 342 g/mol. The summed E-state index contributed by atoms with van der Waals surface area (Å²) in [5.41, 5.74) is 7.21. The fourth-order valence-corrected chi connectivity index (χ4v) is 3.32. The second-order valence-corrected chi connectivity index (χ2v) is 6.79. The standard InChI is InChI=1S/C21H25N3O3/c1-15(27-18-9-3-2-4-10-18)21(26)23-17-8-5-7-16(13-17)14-24-12-6-11-19(24)20(22)25/h2-5,7-10,13,15,19H,6,11-12,14H2,1H3,(H2,22,25)(H,23,26)/t15-,19+/m1/s1. The van der Waals surface area contributed by atoms with Crippen molar-refractivity contribution < 1.29 is 14.3 Å². The van der Waals surface area contributed by atoms with Gasteiger partial charge < -0.3 is 15.8 Å². The maximum Gasteiger partial charge on any atom is 0.265 e. The lowest BCUT2D eigenvalue weighted by Crippen LogP contribution is -2.39. The lowest BCUT2D eigenvalue weighted by molar-refractivity contribution is -0.122. The second-order valence-electron chi connectivity index (χ2n) is 6.79. The van der Waals surface area contributed by atoms with Crippen LogP contribution in [0.2, 0.25) is 0 Å². The molecule has 2 aromatic rings. The molecule has 0 spiro atoms. The van der Waals surface area contributed by atoms with Crippen LogP contribution >= 0.6 is 0 Å². The quantitative estimate of drug-likeness (QED) is 0.788. The van der Waals surface area contributed by atoms with Gasteiger partial charge in [-0.25, -0.2) is 0 Å². The largest absolute Gasteiger partial charge is 0.481 e. The van der Waals surface area contributed by atoms with Crippen LogP contribution in [0.5, 0.6) is 5.75 Å². The molecule has 1 aliphatic rings. The zero-order valence-electron chi connectivity index (χ0n) is 15.4. The molecule has 0 saturated carbocycles. The summed E-state index contributed by atoms with van der Waals surface area (Å²) in [6, 6.07) is 16.7. The highest BCUT2D eigenvalue weighted by atomic mass is 16.5. The minimum Gasteiger partial charge on any atom is -0.481 e. The van der Waals surface area contributed by atoms with Gasteiger partial charge in [0.2, 0.25) is 5.91 Å². The molecule has 3 N–H and O–H groups in total. The van der Waals surface area contributed by atoms with Crippen LogP contribution in [0.25, 0.3) is 0 Å². The smallest absolute Gasteiger partial charge is 0.265 e. The summed E-state index contributed by atoms with van der Waals surface area (Å²) in [5, 5.41) is 2.89. The van der Waals surface area contributed by atoms with Crippen molar-refractivity contribution in [2.45, 2.75) is 38.5 Å². The Morgan fingerprint density at radius 2 is 2.00 bits per heavy atom. The Morgan fingerprint density at radius 1 is 1.22 bits per heavy atom. The summed E-state index contributed by atoms with van der Waals surface area (Å²) < 4.78 is 5.65. The van der Waals surface area contributed by atoms with Crippen molar-refractivity contribution in [1.82, 2.24) is 4.90 Å². The number of carbonyl (C=O) groups is 2. The van der Waals surface area contributed by atoms with Crippen LogP contribution in [0.1, 0.15) is 25.3 Å². The van der Waals surface area contributed by atoms with Crippen LogP contribution in [-0.2, 0) is 16.1 Å². The van der Waals surface area contributed by atoms with E-state index < -0.39 is 6.10 Å². The van der Waals surface area contributed by atoms with Crippen LogP contribution in [0.3, 0.4) is 0 Å². The van der Waals surface area contributed by atoms with Crippen LogP contribution in [0.4, 0.5) is 5.69 Å². The molecule has 2 aromatic carbocycles. The van der Waals surface area contributed by atoms with Gasteiger partial charge in [-0.05, 0) is 56.1 Å². The highest BCUT2D eigenvalue weighted by molar-refractivity contribution is 5.94. The average molecular weight is 367 g/mol. The summed E-state index contributed by atoms with van der Waals surface area (Å²) >= 11 is 0. The molecule has 1 saturated heterocycles. The monoisotopic (exact) mass is 367 g/mol. The maximum atomic E-state index is 12.4. The number of para-hydroxylation sites is 1. The first-order chi connectivity index (χ1) is 13.0. The number of nitrogens with two attached hydrogens (primary N) is 1. The van der Waals surface area contributed by atoms with E-state index in [1.165, 1.54) is 0 Å². The van der Waals surface area contributed by atoms with Crippen molar-refractivity contribution in [2.24, 2.45) is 5.73 Å². The van der Waals surface area contributed by atoms with Crippen molar-refractivity contribution >= 4 is 17.5 Å². The van der Waals surface area contributed by atoms with Gasteiger partial charge in [0.1, 0.15) is 5.75 Å². The summed E-state index contributed by atoms with van der Waals surface area (Å²) in [6.07, 6.45) is 1.16. The van der Waals surface area contributed by atoms with Gasteiger partial charge in [-0.3, -0.25) is 14.5 Å². The second kappa shape index (κ2) is 8.68. The highest BCUT2D eigenvalue weighted by Gasteiger charge is 2.28. The molecule has 0 aliphatic carbocycles. The lowest BCUT2D eigenvalue weighted by atomic mass is 10.1. The highest BCUT2D eigenvalue weighted by Crippen LogP contribution is 2.21. The van der Waals surface area contributed by atoms with E-state index in [4.69, 9.17) is 10.5 Å². The first-order valence-corrected chi connectivity index (χ1v) is 9.18. The molecule has 2 amide bonds. The van der Waals surface area contributed by atoms with Crippen molar-refractivity contribution in [1.29, 1.82) is 0 Å². The topological polar surface area (TPSA) is 84.7 Å². The number of amides is 2. The Labute approximate surface area is 159 Å². The van der Waals surface area contributed by atoms with E-state index in [1.807, 2.05) is 54.6 Å². The minimum absolute atomic E-state index is 0.206. The van der Waals surface area contributed by atoms with E-state index in [2.05, 4.69) is 10.2 Å². The number of rotatable bonds is 7. The Morgan fingerprint density at radius 3 is 2.74 bits per heavy atom. The minimum atomic E-state index is -0.617. The molecule has 1 aliphatic heterocycles. The van der Waals surface area contributed by atoms with Crippen molar-refractivity contribution in [3.8, 4) is 5.75 Å². The first kappa shape index (κ1) is 18.9. The van der Waals surface area contributed by atoms with Gasteiger partial charge in [-0.2, -0.15) is 0 Å².